The lowest BCUT2D eigenvalue weighted by molar-refractivity contribution is -0.271. The molecule has 180 valence electrons. The van der Waals surface area contributed by atoms with Crippen LogP contribution in [0.2, 0.25) is 0 Å². The van der Waals surface area contributed by atoms with Crippen molar-refractivity contribution in [1.82, 2.24) is 5.32 Å². The predicted octanol–water partition coefficient (Wildman–Crippen LogP) is 0.428. The monoisotopic (exact) mass is 465 g/mol. The zero-order valence-electron chi connectivity index (χ0n) is 18.8. The van der Waals surface area contributed by atoms with E-state index in [4.69, 9.17) is 23.7 Å². The van der Waals surface area contributed by atoms with E-state index >= 15 is 0 Å². The number of benzene rings is 1. The van der Waals surface area contributed by atoms with Gasteiger partial charge in [-0.15, -0.1) is 0 Å². The van der Waals surface area contributed by atoms with Crippen LogP contribution in [0.3, 0.4) is 0 Å². The van der Waals surface area contributed by atoms with Gasteiger partial charge in [0.1, 0.15) is 18.8 Å². The van der Waals surface area contributed by atoms with Crippen molar-refractivity contribution in [2.75, 3.05) is 6.61 Å². The number of amides is 1. The van der Waals surface area contributed by atoms with Crippen molar-refractivity contribution in [2.24, 2.45) is 0 Å². The number of ether oxygens (including phenoxy) is 5. The molecule has 11 nitrogen and oxygen atoms in total. The molecular formula is C22H27NO10. The number of carbonyl (C=O) groups is 5. The van der Waals surface area contributed by atoms with Gasteiger partial charge in [-0.2, -0.15) is 0 Å². The van der Waals surface area contributed by atoms with Crippen molar-refractivity contribution >= 4 is 29.8 Å². The lowest BCUT2D eigenvalue weighted by Crippen LogP contribution is -2.67. The van der Waals surface area contributed by atoms with E-state index in [2.05, 4.69) is 5.32 Å². The van der Waals surface area contributed by atoms with Gasteiger partial charge in [0.25, 0.3) is 0 Å². The summed E-state index contributed by atoms with van der Waals surface area (Å²) in [6.07, 6.45) is -5.15. The summed E-state index contributed by atoms with van der Waals surface area (Å²) < 4.78 is 26.6. The van der Waals surface area contributed by atoms with Gasteiger partial charge in [0.05, 0.1) is 6.42 Å². The second-order valence-corrected chi connectivity index (χ2v) is 7.36. The molecule has 1 N–H and O–H groups in total. The van der Waals surface area contributed by atoms with Crippen LogP contribution in [0, 0.1) is 0 Å². The molecule has 0 radical (unpaired) electrons. The van der Waals surface area contributed by atoms with E-state index in [1.54, 1.807) is 30.3 Å². The van der Waals surface area contributed by atoms with Crippen LogP contribution in [0.5, 0.6) is 0 Å². The minimum atomic E-state index is -1.42. The van der Waals surface area contributed by atoms with Gasteiger partial charge in [-0.05, 0) is 5.56 Å². The van der Waals surface area contributed by atoms with Crippen molar-refractivity contribution in [1.29, 1.82) is 0 Å². The smallest absolute Gasteiger partial charge is 0.305 e. The first-order chi connectivity index (χ1) is 15.6. The van der Waals surface area contributed by atoms with Gasteiger partial charge < -0.3 is 29.0 Å². The molecule has 0 spiro atoms. The summed E-state index contributed by atoms with van der Waals surface area (Å²) in [4.78, 5) is 59.4. The Balaban J connectivity index is 2.37. The maximum Gasteiger partial charge on any atom is 0.305 e. The fraction of sp³-hybridized carbons (Fsp3) is 0.500. The van der Waals surface area contributed by atoms with Gasteiger partial charge in [0, 0.05) is 27.7 Å². The molecule has 0 unspecified atom stereocenters. The highest BCUT2D eigenvalue weighted by Gasteiger charge is 2.52. The first-order valence-corrected chi connectivity index (χ1v) is 10.2. The highest BCUT2D eigenvalue weighted by atomic mass is 16.7. The molecule has 1 saturated heterocycles. The van der Waals surface area contributed by atoms with Crippen LogP contribution in [0.4, 0.5) is 0 Å². The number of carbonyl (C=O) groups excluding carboxylic acids is 5. The molecule has 33 heavy (non-hydrogen) atoms. The van der Waals surface area contributed by atoms with E-state index in [1.807, 2.05) is 0 Å². The molecule has 1 heterocycles. The van der Waals surface area contributed by atoms with Crippen LogP contribution in [-0.2, 0) is 54.1 Å². The van der Waals surface area contributed by atoms with Crippen molar-refractivity contribution in [3.05, 3.63) is 35.9 Å². The Morgan fingerprint density at radius 2 is 1.39 bits per heavy atom. The minimum Gasteiger partial charge on any atom is -0.463 e. The van der Waals surface area contributed by atoms with E-state index in [-0.39, 0.29) is 13.0 Å². The van der Waals surface area contributed by atoms with Gasteiger partial charge >= 0.3 is 23.9 Å². The fourth-order valence-electron chi connectivity index (χ4n) is 3.34. The molecule has 1 aromatic rings. The molecule has 1 aromatic carbocycles. The van der Waals surface area contributed by atoms with Crippen molar-refractivity contribution in [2.45, 2.75) is 64.8 Å². The van der Waals surface area contributed by atoms with E-state index in [9.17, 15) is 24.0 Å². The van der Waals surface area contributed by atoms with E-state index in [0.29, 0.717) is 5.56 Å². The summed E-state index contributed by atoms with van der Waals surface area (Å²) in [6.45, 7) is 4.18. The molecule has 1 aliphatic heterocycles. The molecule has 1 aliphatic rings. The quantitative estimate of drug-likeness (QED) is 0.424. The molecule has 1 fully saturated rings. The van der Waals surface area contributed by atoms with E-state index < -0.39 is 60.4 Å². The second-order valence-electron chi connectivity index (χ2n) is 7.36. The van der Waals surface area contributed by atoms with E-state index in [0.717, 1.165) is 20.8 Å². The van der Waals surface area contributed by atoms with Crippen LogP contribution in [0.25, 0.3) is 0 Å². The molecule has 0 saturated carbocycles. The molecular weight excluding hydrogens is 438 g/mol. The Labute approximate surface area is 190 Å². The summed E-state index contributed by atoms with van der Waals surface area (Å²) in [5, 5.41) is 2.65. The third-order valence-corrected chi connectivity index (χ3v) is 4.52. The van der Waals surface area contributed by atoms with Gasteiger partial charge in [-0.3, -0.25) is 24.0 Å². The SMILES string of the molecule is CC(=O)OC[C@@H]1O[C@H](OC(C)=O)[C@H](NC(=O)Cc2ccccc2)[C@H](OC(C)=O)[C@H]1OC(C)=O. The third kappa shape index (κ3) is 8.19. The molecule has 0 bridgehead atoms. The zero-order chi connectivity index (χ0) is 24.5. The molecule has 1 amide bonds. The lowest BCUT2D eigenvalue weighted by atomic mass is 9.95. The van der Waals surface area contributed by atoms with Crippen LogP contribution in [0.1, 0.15) is 33.3 Å². The number of hydrogen-bond acceptors (Lipinski definition) is 10. The zero-order valence-corrected chi connectivity index (χ0v) is 18.8. The Kier molecular flexibility index (Phi) is 9.34. The van der Waals surface area contributed by atoms with E-state index in [1.165, 1.54) is 6.92 Å². The Hall–Kier alpha value is -3.47. The molecule has 5 atom stereocenters. The summed E-state index contributed by atoms with van der Waals surface area (Å²) in [5.41, 5.74) is 0.712. The average Bonchev–Trinajstić information content (AvgIpc) is 2.70. The summed E-state index contributed by atoms with van der Waals surface area (Å²) in [5.74, 6) is -3.32. The Morgan fingerprint density at radius 1 is 0.818 bits per heavy atom. The van der Waals surface area contributed by atoms with Crippen LogP contribution >= 0.6 is 0 Å². The maximum absolute atomic E-state index is 12.7. The second kappa shape index (κ2) is 12.0. The topological polar surface area (TPSA) is 144 Å². The molecule has 2 rings (SSSR count). The molecule has 0 aliphatic carbocycles. The number of hydrogen-bond donors (Lipinski definition) is 1. The molecule has 11 heteroatoms. The minimum absolute atomic E-state index is 0.0218. The van der Waals surface area contributed by atoms with Gasteiger partial charge in [0.15, 0.2) is 12.2 Å². The number of nitrogens with one attached hydrogen (secondary N) is 1. The van der Waals surface area contributed by atoms with Crippen molar-refractivity contribution < 1.29 is 47.7 Å². The highest BCUT2D eigenvalue weighted by molar-refractivity contribution is 5.79. The average molecular weight is 465 g/mol. The highest BCUT2D eigenvalue weighted by Crippen LogP contribution is 2.28. The fourth-order valence-corrected chi connectivity index (χ4v) is 3.34. The summed E-state index contributed by atoms with van der Waals surface area (Å²) >= 11 is 0. The predicted molar refractivity (Wildman–Crippen MR) is 110 cm³/mol. The number of esters is 4. The Bertz CT molecular complexity index is 871. The summed E-state index contributed by atoms with van der Waals surface area (Å²) in [6, 6.07) is 7.63. The largest absolute Gasteiger partial charge is 0.463 e. The van der Waals surface area contributed by atoms with Gasteiger partial charge in [-0.25, -0.2) is 0 Å². The maximum atomic E-state index is 12.7. The van der Waals surface area contributed by atoms with Crippen LogP contribution < -0.4 is 5.32 Å². The van der Waals surface area contributed by atoms with Crippen molar-refractivity contribution in [3.63, 3.8) is 0 Å². The van der Waals surface area contributed by atoms with Gasteiger partial charge in [0.2, 0.25) is 12.2 Å². The lowest BCUT2D eigenvalue weighted by Gasteiger charge is -2.44. The first kappa shape index (κ1) is 25.8. The molecule has 0 aromatic heterocycles. The standard InChI is InChI=1S/C22H27NO10/c1-12(24)29-11-17-20(30-13(2)25)21(31-14(3)26)19(22(33-17)32-15(4)27)23-18(28)10-16-8-6-5-7-9-16/h5-9,17,19-22H,10-11H2,1-4H3,(H,23,28)/t17-,19+,20-,21-,22-/m0/s1. The van der Waals surface area contributed by atoms with Crippen LogP contribution in [-0.4, -0.2) is 67.0 Å². The van der Waals surface area contributed by atoms with Crippen LogP contribution in [0.15, 0.2) is 30.3 Å². The van der Waals surface area contributed by atoms with Crippen molar-refractivity contribution in [3.8, 4) is 0 Å². The number of rotatable bonds is 8. The van der Waals surface area contributed by atoms with Gasteiger partial charge in [-0.1, -0.05) is 30.3 Å². The summed E-state index contributed by atoms with van der Waals surface area (Å²) in [7, 11) is 0. The normalized spacial score (nSPS) is 24.2. The third-order valence-electron chi connectivity index (χ3n) is 4.52. The Morgan fingerprint density at radius 3 is 1.94 bits per heavy atom. The first-order valence-electron chi connectivity index (χ1n) is 10.2.